The van der Waals surface area contributed by atoms with Crippen LogP contribution in [0.2, 0.25) is 0 Å². The fraction of sp³-hybridized carbons (Fsp3) is 0.902. The molecule has 1 fully saturated rings. The van der Waals surface area contributed by atoms with Gasteiger partial charge in [0.1, 0.15) is 18.8 Å². The summed E-state index contributed by atoms with van der Waals surface area (Å²) in [6.45, 7) is 6.02. The van der Waals surface area contributed by atoms with Gasteiger partial charge < -0.3 is 39.0 Å². The van der Waals surface area contributed by atoms with Crippen LogP contribution >= 0.6 is 0 Å². The summed E-state index contributed by atoms with van der Waals surface area (Å²) in [6.07, 6.45) is 43.2. The van der Waals surface area contributed by atoms with E-state index in [2.05, 4.69) is 32.9 Å². The average Bonchev–Trinajstić information content (AvgIpc) is 3.37. The lowest BCUT2D eigenvalue weighted by molar-refractivity contribution is -0.301. The van der Waals surface area contributed by atoms with Gasteiger partial charge in [-0.05, 0) is 44.9 Å². The molecule has 0 bridgehead atoms. The molecule has 0 radical (unpaired) electrons. The number of aliphatic hydroxyl groups excluding tert-OH is 2. The number of rotatable bonds is 53. The second kappa shape index (κ2) is 50.3. The minimum atomic E-state index is -1.90. The van der Waals surface area contributed by atoms with E-state index in [0.29, 0.717) is 19.3 Å². The highest BCUT2D eigenvalue weighted by Gasteiger charge is 2.50. The Morgan fingerprint density at radius 3 is 1.16 bits per heavy atom. The molecule has 428 valence electrons. The predicted molar refractivity (Wildman–Crippen MR) is 294 cm³/mol. The number of ether oxygens (including phenoxy) is 5. The highest BCUT2D eigenvalue weighted by molar-refractivity contribution is 5.74. The molecule has 1 saturated heterocycles. The number of carbonyl (C=O) groups excluding carboxylic acids is 3. The Balaban J connectivity index is 2.66. The minimum Gasteiger partial charge on any atom is -0.479 e. The number of aliphatic carboxylic acids is 1. The topological polar surface area (TPSA) is 175 Å². The van der Waals surface area contributed by atoms with Gasteiger partial charge >= 0.3 is 23.9 Å². The number of aliphatic hydroxyl groups is 2. The molecule has 1 heterocycles. The molecule has 0 aromatic carbocycles. The van der Waals surface area contributed by atoms with Gasteiger partial charge in [-0.2, -0.15) is 0 Å². The Hall–Kier alpha value is -2.54. The van der Waals surface area contributed by atoms with Crippen molar-refractivity contribution in [2.24, 2.45) is 0 Å². The lowest BCUT2D eigenvalue weighted by Gasteiger charge is -2.40. The predicted octanol–water partition coefficient (Wildman–Crippen LogP) is 15.7. The zero-order valence-electron chi connectivity index (χ0n) is 47.2. The van der Waals surface area contributed by atoms with Crippen LogP contribution in [0.15, 0.2) is 12.2 Å². The number of hydrogen-bond acceptors (Lipinski definition) is 11. The average molecular weight is 1040 g/mol. The van der Waals surface area contributed by atoms with Crippen molar-refractivity contribution in [3.05, 3.63) is 12.2 Å². The quantitative estimate of drug-likeness (QED) is 0.0228. The molecular weight excluding hydrogens is 925 g/mol. The Morgan fingerprint density at radius 1 is 0.438 bits per heavy atom. The van der Waals surface area contributed by atoms with Gasteiger partial charge in [0.2, 0.25) is 0 Å². The maximum absolute atomic E-state index is 13.1. The number of carboxylic acid groups (broad SMARTS) is 1. The van der Waals surface area contributed by atoms with Gasteiger partial charge in [0.25, 0.3) is 0 Å². The first kappa shape index (κ1) is 68.5. The van der Waals surface area contributed by atoms with Crippen molar-refractivity contribution < 1.29 is 58.2 Å². The van der Waals surface area contributed by atoms with Crippen LogP contribution in [0, 0.1) is 0 Å². The van der Waals surface area contributed by atoms with Crippen LogP contribution in [-0.4, -0.2) is 89.2 Å². The molecule has 1 aliphatic rings. The van der Waals surface area contributed by atoms with Crippen LogP contribution in [0.1, 0.15) is 303 Å². The van der Waals surface area contributed by atoms with Crippen molar-refractivity contribution in [1.82, 2.24) is 0 Å². The minimum absolute atomic E-state index is 0.0682. The Bertz CT molecular complexity index is 1320. The van der Waals surface area contributed by atoms with Gasteiger partial charge in [-0.25, -0.2) is 4.79 Å². The summed E-state index contributed by atoms with van der Waals surface area (Å²) < 4.78 is 28.5. The molecule has 6 unspecified atom stereocenters. The molecule has 1 aliphatic heterocycles. The normalized spacial score (nSPS) is 18.3. The van der Waals surface area contributed by atoms with E-state index in [1.54, 1.807) is 0 Å². The van der Waals surface area contributed by atoms with Crippen LogP contribution in [0.3, 0.4) is 0 Å². The van der Waals surface area contributed by atoms with Gasteiger partial charge in [0, 0.05) is 19.3 Å². The molecule has 73 heavy (non-hydrogen) atoms. The fourth-order valence-corrected chi connectivity index (χ4v) is 9.60. The van der Waals surface area contributed by atoms with Crippen LogP contribution in [0.5, 0.6) is 0 Å². The summed E-state index contributed by atoms with van der Waals surface area (Å²) in [5.41, 5.74) is 0. The number of unbranched alkanes of at least 4 members (excludes halogenated alkanes) is 37. The van der Waals surface area contributed by atoms with Crippen molar-refractivity contribution in [2.75, 3.05) is 13.2 Å². The van der Waals surface area contributed by atoms with Crippen molar-refractivity contribution in [3.8, 4) is 0 Å². The molecule has 12 nitrogen and oxygen atoms in total. The van der Waals surface area contributed by atoms with Crippen molar-refractivity contribution >= 4 is 23.9 Å². The molecule has 1 rings (SSSR count). The second-order valence-corrected chi connectivity index (χ2v) is 21.4. The van der Waals surface area contributed by atoms with Gasteiger partial charge in [0.15, 0.2) is 24.6 Å². The van der Waals surface area contributed by atoms with Crippen molar-refractivity contribution in [1.29, 1.82) is 0 Å². The molecule has 0 aromatic heterocycles. The molecule has 0 spiro atoms. The van der Waals surface area contributed by atoms with E-state index >= 15 is 0 Å². The number of hydrogen-bond donors (Lipinski definition) is 3. The summed E-state index contributed by atoms with van der Waals surface area (Å²) in [5.74, 6) is -3.08. The van der Waals surface area contributed by atoms with E-state index < -0.39 is 67.3 Å². The largest absolute Gasteiger partial charge is 0.479 e. The molecule has 0 aromatic rings. The van der Waals surface area contributed by atoms with E-state index in [0.717, 1.165) is 64.2 Å². The summed E-state index contributed by atoms with van der Waals surface area (Å²) in [7, 11) is 0. The first-order valence-corrected chi connectivity index (χ1v) is 30.7. The van der Waals surface area contributed by atoms with Gasteiger partial charge in [-0.1, -0.05) is 251 Å². The first-order valence-electron chi connectivity index (χ1n) is 30.7. The molecular formula is C61H112O12. The summed E-state index contributed by atoms with van der Waals surface area (Å²) in [6, 6.07) is 0. The van der Waals surface area contributed by atoms with E-state index in [1.807, 2.05) is 0 Å². The third kappa shape index (κ3) is 40.4. The fourth-order valence-electron chi connectivity index (χ4n) is 9.60. The summed E-state index contributed by atoms with van der Waals surface area (Å²) in [5, 5.41) is 31.5. The zero-order chi connectivity index (χ0) is 53.3. The monoisotopic (exact) mass is 1040 g/mol. The number of esters is 3. The number of allylic oxidation sites excluding steroid dienone is 2. The third-order valence-corrected chi connectivity index (χ3v) is 14.3. The highest BCUT2D eigenvalue weighted by Crippen LogP contribution is 2.27. The molecule has 6 atom stereocenters. The lowest BCUT2D eigenvalue weighted by Crippen LogP contribution is -2.61. The van der Waals surface area contributed by atoms with Crippen LogP contribution in [0.25, 0.3) is 0 Å². The molecule has 12 heteroatoms. The van der Waals surface area contributed by atoms with Crippen LogP contribution < -0.4 is 0 Å². The highest BCUT2D eigenvalue weighted by atomic mass is 16.7. The lowest BCUT2D eigenvalue weighted by atomic mass is 9.98. The molecule has 0 aliphatic carbocycles. The van der Waals surface area contributed by atoms with Crippen molar-refractivity contribution in [2.45, 2.75) is 340 Å². The van der Waals surface area contributed by atoms with E-state index in [9.17, 15) is 34.5 Å². The summed E-state index contributed by atoms with van der Waals surface area (Å²) >= 11 is 0. The standard InChI is InChI=1S/C61H112O12/c1-4-7-10-13-16-19-22-25-26-27-28-31-32-35-38-41-44-47-53(62)69-50-52(71-54(63)48-45-42-39-36-33-29-23-20-17-14-11-8-5-2)51-70-61-59(57(66)56(65)58(73-61)60(67)68)72-55(64)49-46-43-40-37-34-30-24-21-18-15-12-9-6-3/h25-26,52,56-59,61,65-66H,4-24,27-51H2,1-3H3,(H,67,68)/b26-25-. The van der Waals surface area contributed by atoms with E-state index in [1.165, 1.54) is 180 Å². The van der Waals surface area contributed by atoms with E-state index in [-0.39, 0.29) is 25.9 Å². The Kier molecular flexibility index (Phi) is 47.2. The Labute approximate surface area is 446 Å². The molecule has 0 saturated carbocycles. The Morgan fingerprint density at radius 2 is 0.781 bits per heavy atom. The van der Waals surface area contributed by atoms with E-state index in [4.69, 9.17) is 23.7 Å². The van der Waals surface area contributed by atoms with Crippen LogP contribution in [0.4, 0.5) is 0 Å². The molecule has 0 amide bonds. The maximum atomic E-state index is 13.1. The SMILES string of the molecule is CCCCCCCC/C=C\CCCCCCCCCC(=O)OCC(COC1OC(C(=O)O)C(O)C(O)C1OC(=O)CCCCCCCCCCCCCCC)OC(=O)CCCCCCCCCCCCCCC. The second-order valence-electron chi connectivity index (χ2n) is 21.4. The third-order valence-electron chi connectivity index (χ3n) is 14.3. The first-order chi connectivity index (χ1) is 35.6. The molecule has 3 N–H and O–H groups in total. The maximum Gasteiger partial charge on any atom is 0.335 e. The smallest absolute Gasteiger partial charge is 0.335 e. The van der Waals surface area contributed by atoms with Crippen LogP contribution in [-0.2, 0) is 42.9 Å². The summed E-state index contributed by atoms with van der Waals surface area (Å²) in [4.78, 5) is 51.1. The number of carboxylic acids is 1. The zero-order valence-corrected chi connectivity index (χ0v) is 47.2. The van der Waals surface area contributed by atoms with Gasteiger partial charge in [0.05, 0.1) is 6.61 Å². The number of carbonyl (C=O) groups is 4. The van der Waals surface area contributed by atoms with Gasteiger partial charge in [-0.15, -0.1) is 0 Å². The van der Waals surface area contributed by atoms with Gasteiger partial charge in [-0.3, -0.25) is 14.4 Å². The van der Waals surface area contributed by atoms with Crippen molar-refractivity contribution in [3.63, 3.8) is 0 Å².